The fourth-order valence-electron chi connectivity index (χ4n) is 3.03. The van der Waals surface area contributed by atoms with Gasteiger partial charge in [0.2, 0.25) is 5.91 Å². The zero-order chi connectivity index (χ0) is 17.5. The molecule has 25 heavy (non-hydrogen) atoms. The Bertz CT molecular complexity index is 712. The largest absolute Gasteiger partial charge is 0.443 e. The van der Waals surface area contributed by atoms with Gasteiger partial charge in [0.1, 0.15) is 0 Å². The monoisotopic (exact) mass is 341 g/mol. The summed E-state index contributed by atoms with van der Waals surface area (Å²) >= 11 is 0. The van der Waals surface area contributed by atoms with E-state index in [0.717, 1.165) is 37.8 Å². The van der Waals surface area contributed by atoms with Gasteiger partial charge < -0.3 is 14.6 Å². The van der Waals surface area contributed by atoms with Crippen LogP contribution in [0, 0.1) is 0 Å². The third-order valence-electron chi connectivity index (χ3n) is 4.38. The number of hydrogen-bond donors (Lipinski definition) is 1. The number of nitrogens with one attached hydrogen (secondary N) is 1. The number of aromatic nitrogens is 1. The highest BCUT2D eigenvalue weighted by Gasteiger charge is 2.19. The van der Waals surface area contributed by atoms with Gasteiger partial charge in [-0.15, -0.1) is 0 Å². The molecule has 0 saturated carbocycles. The lowest BCUT2D eigenvalue weighted by atomic mass is 10.1. The Labute approximate surface area is 147 Å². The van der Waals surface area contributed by atoms with Gasteiger partial charge in [-0.1, -0.05) is 36.8 Å². The second-order valence-electron chi connectivity index (χ2n) is 6.20. The van der Waals surface area contributed by atoms with E-state index in [2.05, 4.69) is 10.3 Å². The Balaban J connectivity index is 1.50. The van der Waals surface area contributed by atoms with Crippen molar-refractivity contribution in [3.63, 3.8) is 0 Å². The van der Waals surface area contributed by atoms with E-state index in [9.17, 15) is 9.59 Å². The maximum atomic E-state index is 12.4. The highest BCUT2D eigenvalue weighted by Crippen LogP contribution is 2.22. The molecule has 0 unspecified atom stereocenters. The summed E-state index contributed by atoms with van der Waals surface area (Å²) in [7, 11) is 0. The topological polar surface area (TPSA) is 75.4 Å². The van der Waals surface area contributed by atoms with Crippen molar-refractivity contribution < 1.29 is 14.0 Å². The molecule has 132 valence electrons. The minimum atomic E-state index is -0.255. The molecular weight excluding hydrogens is 318 g/mol. The van der Waals surface area contributed by atoms with Crippen molar-refractivity contribution in [3.8, 4) is 11.3 Å². The zero-order valence-corrected chi connectivity index (χ0v) is 14.2. The molecular formula is C19H23N3O3. The molecule has 1 aromatic heterocycles. The maximum absolute atomic E-state index is 12.4. The van der Waals surface area contributed by atoms with Crippen LogP contribution in [-0.4, -0.2) is 41.3 Å². The molecule has 0 bridgehead atoms. The summed E-state index contributed by atoms with van der Waals surface area (Å²) in [6.07, 6.45) is 5.83. The number of likely N-dealkylation sites (tertiary alicyclic amines) is 1. The molecule has 6 heteroatoms. The van der Waals surface area contributed by atoms with E-state index in [1.807, 2.05) is 35.2 Å². The Morgan fingerprint density at radius 2 is 2.04 bits per heavy atom. The van der Waals surface area contributed by atoms with Crippen LogP contribution < -0.4 is 5.32 Å². The minimum absolute atomic E-state index is 0.228. The predicted octanol–water partition coefficient (Wildman–Crippen LogP) is 2.86. The fourth-order valence-corrected chi connectivity index (χ4v) is 3.03. The second-order valence-corrected chi connectivity index (χ2v) is 6.20. The van der Waals surface area contributed by atoms with Gasteiger partial charge in [0.15, 0.2) is 17.8 Å². The first kappa shape index (κ1) is 17.2. The fraction of sp³-hybridized carbons (Fsp3) is 0.421. The van der Waals surface area contributed by atoms with Gasteiger partial charge >= 0.3 is 0 Å². The zero-order valence-electron chi connectivity index (χ0n) is 14.2. The van der Waals surface area contributed by atoms with Crippen molar-refractivity contribution in [1.82, 2.24) is 15.2 Å². The summed E-state index contributed by atoms with van der Waals surface area (Å²) in [5.41, 5.74) is 1.11. The van der Waals surface area contributed by atoms with Gasteiger partial charge in [0.25, 0.3) is 5.91 Å². The van der Waals surface area contributed by atoms with Crippen molar-refractivity contribution in [1.29, 1.82) is 0 Å². The standard InChI is InChI=1S/C19H23N3O3/c23-16-10-5-2-6-12-22(16)13-7-11-20-19(24)17-18(25-14-21-17)15-8-3-1-4-9-15/h1,3-4,8-9,14H,2,5-7,10-13H2,(H,20,24). The van der Waals surface area contributed by atoms with E-state index >= 15 is 0 Å². The summed E-state index contributed by atoms with van der Waals surface area (Å²) in [5, 5.41) is 2.87. The molecule has 1 aromatic carbocycles. The van der Waals surface area contributed by atoms with Crippen LogP contribution in [0.5, 0.6) is 0 Å². The molecule has 0 aliphatic carbocycles. The molecule has 6 nitrogen and oxygen atoms in total. The Morgan fingerprint density at radius 3 is 2.88 bits per heavy atom. The van der Waals surface area contributed by atoms with Gasteiger partial charge in [-0.2, -0.15) is 0 Å². The van der Waals surface area contributed by atoms with E-state index < -0.39 is 0 Å². The van der Waals surface area contributed by atoms with Gasteiger partial charge in [-0.05, 0) is 19.3 Å². The third-order valence-corrected chi connectivity index (χ3v) is 4.38. The molecule has 2 amide bonds. The van der Waals surface area contributed by atoms with Crippen LogP contribution in [0.3, 0.4) is 0 Å². The highest BCUT2D eigenvalue weighted by molar-refractivity contribution is 5.97. The molecule has 0 atom stereocenters. The summed E-state index contributed by atoms with van der Waals surface area (Å²) in [6, 6.07) is 9.43. The highest BCUT2D eigenvalue weighted by atomic mass is 16.3. The number of benzene rings is 1. The lowest BCUT2D eigenvalue weighted by Gasteiger charge is -2.20. The quantitative estimate of drug-likeness (QED) is 0.820. The van der Waals surface area contributed by atoms with E-state index in [-0.39, 0.29) is 17.5 Å². The molecule has 0 radical (unpaired) electrons. The SMILES string of the molecule is O=C(NCCCN1CCCCCC1=O)c1ncoc1-c1ccccc1. The van der Waals surface area contributed by atoms with E-state index in [1.54, 1.807) is 0 Å². The van der Waals surface area contributed by atoms with Crippen LogP contribution in [0.25, 0.3) is 11.3 Å². The van der Waals surface area contributed by atoms with Crippen molar-refractivity contribution in [3.05, 3.63) is 42.4 Å². The van der Waals surface area contributed by atoms with Crippen LogP contribution in [0.2, 0.25) is 0 Å². The van der Waals surface area contributed by atoms with Crippen molar-refractivity contribution >= 4 is 11.8 Å². The molecule has 3 rings (SSSR count). The van der Waals surface area contributed by atoms with E-state index in [0.29, 0.717) is 25.3 Å². The minimum Gasteiger partial charge on any atom is -0.443 e. The number of rotatable bonds is 6. The second kappa shape index (κ2) is 8.46. The lowest BCUT2D eigenvalue weighted by Crippen LogP contribution is -2.34. The van der Waals surface area contributed by atoms with Crippen LogP contribution in [0.4, 0.5) is 0 Å². The molecule has 1 saturated heterocycles. The van der Waals surface area contributed by atoms with E-state index in [1.165, 1.54) is 6.39 Å². The molecule has 0 spiro atoms. The van der Waals surface area contributed by atoms with E-state index in [4.69, 9.17) is 4.42 Å². The number of carbonyl (C=O) groups excluding carboxylic acids is 2. The molecule has 1 aliphatic heterocycles. The summed E-state index contributed by atoms with van der Waals surface area (Å²) in [6.45, 7) is 2.02. The van der Waals surface area contributed by atoms with Crippen LogP contribution >= 0.6 is 0 Å². The van der Waals surface area contributed by atoms with Gasteiger partial charge in [-0.3, -0.25) is 9.59 Å². The first-order chi connectivity index (χ1) is 12.3. The molecule has 2 heterocycles. The molecule has 1 N–H and O–H groups in total. The predicted molar refractivity (Wildman–Crippen MR) is 93.9 cm³/mol. The average Bonchev–Trinajstić information content (AvgIpc) is 3.04. The number of oxazole rings is 1. The maximum Gasteiger partial charge on any atom is 0.273 e. The molecule has 2 aromatic rings. The number of nitrogens with zero attached hydrogens (tertiary/aromatic N) is 2. The Kier molecular flexibility index (Phi) is 5.82. The van der Waals surface area contributed by atoms with Crippen molar-refractivity contribution in [2.45, 2.75) is 32.1 Å². The van der Waals surface area contributed by atoms with Crippen molar-refractivity contribution in [2.24, 2.45) is 0 Å². The van der Waals surface area contributed by atoms with Crippen LogP contribution in [0.1, 0.15) is 42.6 Å². The van der Waals surface area contributed by atoms with Crippen LogP contribution in [-0.2, 0) is 4.79 Å². The molecule has 1 aliphatic rings. The lowest BCUT2D eigenvalue weighted by molar-refractivity contribution is -0.130. The number of hydrogen-bond acceptors (Lipinski definition) is 4. The smallest absolute Gasteiger partial charge is 0.273 e. The summed E-state index contributed by atoms with van der Waals surface area (Å²) in [4.78, 5) is 30.3. The third kappa shape index (κ3) is 4.47. The van der Waals surface area contributed by atoms with Gasteiger partial charge in [0, 0.05) is 31.6 Å². The first-order valence-electron chi connectivity index (χ1n) is 8.80. The van der Waals surface area contributed by atoms with Crippen LogP contribution in [0.15, 0.2) is 41.1 Å². The first-order valence-corrected chi connectivity index (χ1v) is 8.80. The van der Waals surface area contributed by atoms with Gasteiger partial charge in [0.05, 0.1) is 0 Å². The Hall–Kier alpha value is -2.63. The Morgan fingerprint density at radius 1 is 1.20 bits per heavy atom. The average molecular weight is 341 g/mol. The number of amides is 2. The summed E-state index contributed by atoms with van der Waals surface area (Å²) in [5.74, 6) is 0.447. The normalized spacial score (nSPS) is 15.0. The van der Waals surface area contributed by atoms with Gasteiger partial charge in [-0.25, -0.2) is 4.98 Å². The summed E-state index contributed by atoms with van der Waals surface area (Å²) < 4.78 is 5.38. The van der Waals surface area contributed by atoms with Crippen molar-refractivity contribution in [2.75, 3.05) is 19.6 Å². The number of carbonyl (C=O) groups is 2. The molecule has 1 fully saturated rings.